The smallest absolute Gasteiger partial charge is 0.264 e. The highest BCUT2D eigenvalue weighted by Gasteiger charge is 2.28. The van der Waals surface area contributed by atoms with Crippen LogP contribution in [-0.2, 0) is 21.2 Å². The number of hydrogen-bond acceptors (Lipinski definition) is 3. The second-order valence-electron chi connectivity index (χ2n) is 8.81. The fraction of sp³-hybridized carbons (Fsp3) is 0.321. The van der Waals surface area contributed by atoms with Crippen molar-refractivity contribution in [2.75, 3.05) is 17.4 Å². The second-order valence-corrected chi connectivity index (χ2v) is 10.7. The van der Waals surface area contributed by atoms with Crippen LogP contribution in [0.1, 0.15) is 35.6 Å². The van der Waals surface area contributed by atoms with Gasteiger partial charge in [0, 0.05) is 6.54 Å². The Bertz CT molecular complexity index is 1210. The summed E-state index contributed by atoms with van der Waals surface area (Å²) in [5, 5.41) is 2.98. The Labute approximate surface area is 203 Å². The van der Waals surface area contributed by atoms with Crippen molar-refractivity contribution in [3.8, 4) is 0 Å². The topological polar surface area (TPSA) is 66.5 Å². The van der Waals surface area contributed by atoms with Crippen LogP contribution >= 0.6 is 0 Å². The molecule has 3 aromatic rings. The number of carbonyl (C=O) groups is 1. The Balaban J connectivity index is 1.82. The third-order valence-electron chi connectivity index (χ3n) is 6.27. The lowest BCUT2D eigenvalue weighted by atomic mass is 9.97. The first-order chi connectivity index (χ1) is 16.2. The first-order valence-electron chi connectivity index (χ1n) is 11.7. The molecule has 1 unspecified atom stereocenters. The van der Waals surface area contributed by atoms with Gasteiger partial charge in [-0.05, 0) is 68.0 Å². The largest absolute Gasteiger partial charge is 0.354 e. The lowest BCUT2D eigenvalue weighted by Gasteiger charge is -2.27. The Morgan fingerprint density at radius 1 is 0.912 bits per heavy atom. The standard InChI is InChI=1S/C28H34N2O3S/c1-5-24(18-25-11-7-6-8-12-25)19-29-28(31)20-30(27-13-9-10-22(3)23(27)4)34(32,33)26-16-14-21(2)15-17-26/h6-17,24H,5,18-20H2,1-4H3,(H,29,31). The highest BCUT2D eigenvalue weighted by molar-refractivity contribution is 7.92. The van der Waals surface area contributed by atoms with E-state index in [9.17, 15) is 13.2 Å². The van der Waals surface area contributed by atoms with Crippen molar-refractivity contribution in [2.24, 2.45) is 5.92 Å². The van der Waals surface area contributed by atoms with E-state index in [0.717, 1.165) is 29.5 Å². The van der Waals surface area contributed by atoms with Gasteiger partial charge in [0.05, 0.1) is 10.6 Å². The number of benzene rings is 3. The highest BCUT2D eigenvalue weighted by Crippen LogP contribution is 2.28. The summed E-state index contributed by atoms with van der Waals surface area (Å²) in [5.74, 6) is -0.0442. The van der Waals surface area contributed by atoms with Crippen molar-refractivity contribution >= 4 is 21.6 Å². The number of rotatable bonds is 10. The zero-order valence-electron chi connectivity index (χ0n) is 20.4. The summed E-state index contributed by atoms with van der Waals surface area (Å²) >= 11 is 0. The molecule has 0 aromatic heterocycles. The molecule has 0 fully saturated rings. The molecule has 0 aliphatic carbocycles. The monoisotopic (exact) mass is 478 g/mol. The molecule has 0 aliphatic heterocycles. The van der Waals surface area contributed by atoms with Crippen LogP contribution in [0.4, 0.5) is 5.69 Å². The Hall–Kier alpha value is -3.12. The van der Waals surface area contributed by atoms with E-state index in [0.29, 0.717) is 12.2 Å². The highest BCUT2D eigenvalue weighted by atomic mass is 32.2. The van der Waals surface area contributed by atoms with Crippen LogP contribution in [0.2, 0.25) is 0 Å². The zero-order chi connectivity index (χ0) is 24.7. The van der Waals surface area contributed by atoms with E-state index in [1.807, 2.05) is 51.1 Å². The molecule has 0 saturated heterocycles. The SMILES string of the molecule is CCC(CNC(=O)CN(c1cccc(C)c1C)S(=O)(=O)c1ccc(C)cc1)Cc1ccccc1. The third-order valence-corrected chi connectivity index (χ3v) is 8.05. The number of hydrogen-bond donors (Lipinski definition) is 1. The van der Waals surface area contributed by atoms with Crippen LogP contribution in [0.15, 0.2) is 77.7 Å². The average Bonchev–Trinajstić information content (AvgIpc) is 2.83. The van der Waals surface area contributed by atoms with E-state index in [2.05, 4.69) is 24.4 Å². The summed E-state index contributed by atoms with van der Waals surface area (Å²) < 4.78 is 28.5. The lowest BCUT2D eigenvalue weighted by molar-refractivity contribution is -0.119. The molecule has 1 atom stereocenters. The fourth-order valence-corrected chi connectivity index (χ4v) is 5.37. The first kappa shape index (κ1) is 25.5. The summed E-state index contributed by atoms with van der Waals surface area (Å²) in [6.07, 6.45) is 1.78. The molecule has 0 spiro atoms. The van der Waals surface area contributed by atoms with Crippen LogP contribution in [0.25, 0.3) is 0 Å². The molecular weight excluding hydrogens is 444 g/mol. The van der Waals surface area contributed by atoms with Gasteiger partial charge in [-0.15, -0.1) is 0 Å². The van der Waals surface area contributed by atoms with Gasteiger partial charge in [-0.25, -0.2) is 8.42 Å². The molecule has 0 bridgehead atoms. The molecule has 0 heterocycles. The maximum absolute atomic E-state index is 13.6. The normalized spacial score (nSPS) is 12.2. The number of sulfonamides is 1. The molecule has 0 saturated carbocycles. The molecular formula is C28H34N2O3S. The van der Waals surface area contributed by atoms with E-state index in [4.69, 9.17) is 0 Å². The van der Waals surface area contributed by atoms with E-state index >= 15 is 0 Å². The van der Waals surface area contributed by atoms with Gasteiger partial charge in [-0.2, -0.15) is 0 Å². The maximum atomic E-state index is 13.6. The minimum absolute atomic E-state index is 0.169. The molecule has 5 nitrogen and oxygen atoms in total. The van der Waals surface area contributed by atoms with Crippen molar-refractivity contribution in [1.82, 2.24) is 5.32 Å². The van der Waals surface area contributed by atoms with Crippen molar-refractivity contribution < 1.29 is 13.2 Å². The molecule has 3 rings (SSSR count). The number of anilines is 1. The first-order valence-corrected chi connectivity index (χ1v) is 13.1. The number of nitrogens with zero attached hydrogens (tertiary/aromatic N) is 1. The lowest BCUT2D eigenvalue weighted by Crippen LogP contribution is -2.42. The van der Waals surface area contributed by atoms with Crippen molar-refractivity contribution in [3.05, 3.63) is 95.1 Å². The quantitative estimate of drug-likeness (QED) is 0.436. The summed E-state index contributed by atoms with van der Waals surface area (Å²) in [4.78, 5) is 13.2. The van der Waals surface area contributed by atoms with Crippen molar-refractivity contribution in [2.45, 2.75) is 45.4 Å². The molecule has 3 aromatic carbocycles. The molecule has 0 aliphatic rings. The minimum atomic E-state index is -3.93. The number of aryl methyl sites for hydroxylation is 2. The Morgan fingerprint density at radius 3 is 2.24 bits per heavy atom. The van der Waals surface area contributed by atoms with Gasteiger partial charge in [0.25, 0.3) is 10.0 Å². The summed E-state index contributed by atoms with van der Waals surface area (Å²) in [6, 6.07) is 22.4. The zero-order valence-corrected chi connectivity index (χ0v) is 21.2. The van der Waals surface area contributed by atoms with Crippen LogP contribution in [0.3, 0.4) is 0 Å². The van der Waals surface area contributed by atoms with Crippen LogP contribution in [0, 0.1) is 26.7 Å². The number of nitrogens with one attached hydrogen (secondary N) is 1. The van der Waals surface area contributed by atoms with Crippen molar-refractivity contribution in [1.29, 1.82) is 0 Å². The summed E-state index contributed by atoms with van der Waals surface area (Å²) in [7, 11) is -3.93. The van der Waals surface area contributed by atoms with E-state index < -0.39 is 10.0 Å². The predicted octanol–water partition coefficient (Wildman–Crippen LogP) is 5.19. The predicted molar refractivity (Wildman–Crippen MR) is 139 cm³/mol. The van der Waals surface area contributed by atoms with Gasteiger partial charge < -0.3 is 5.32 Å². The molecule has 34 heavy (non-hydrogen) atoms. The minimum Gasteiger partial charge on any atom is -0.354 e. The maximum Gasteiger partial charge on any atom is 0.264 e. The van der Waals surface area contributed by atoms with E-state index in [1.165, 1.54) is 9.87 Å². The Kier molecular flexibility index (Phi) is 8.51. The number of carbonyl (C=O) groups excluding carboxylic acids is 1. The van der Waals surface area contributed by atoms with Crippen LogP contribution in [-0.4, -0.2) is 27.4 Å². The average molecular weight is 479 g/mol. The van der Waals surface area contributed by atoms with Crippen molar-refractivity contribution in [3.63, 3.8) is 0 Å². The Morgan fingerprint density at radius 2 is 1.59 bits per heavy atom. The molecule has 6 heteroatoms. The van der Waals surface area contributed by atoms with Gasteiger partial charge in [-0.1, -0.05) is 73.5 Å². The number of amides is 1. The molecule has 180 valence electrons. The van der Waals surface area contributed by atoms with E-state index in [-0.39, 0.29) is 23.3 Å². The van der Waals surface area contributed by atoms with E-state index in [1.54, 1.807) is 30.3 Å². The molecule has 1 amide bonds. The van der Waals surface area contributed by atoms with Gasteiger partial charge in [0.2, 0.25) is 5.91 Å². The van der Waals surface area contributed by atoms with Gasteiger partial charge >= 0.3 is 0 Å². The summed E-state index contributed by atoms with van der Waals surface area (Å²) in [5.41, 5.74) is 4.52. The van der Waals surface area contributed by atoms with Gasteiger partial charge in [0.15, 0.2) is 0 Å². The third kappa shape index (κ3) is 6.26. The molecule has 0 radical (unpaired) electrons. The van der Waals surface area contributed by atoms with Gasteiger partial charge in [0.1, 0.15) is 6.54 Å². The van der Waals surface area contributed by atoms with Gasteiger partial charge in [-0.3, -0.25) is 9.10 Å². The summed E-state index contributed by atoms with van der Waals surface area (Å²) in [6.45, 7) is 8.05. The second kappa shape index (κ2) is 11.3. The fourth-order valence-electron chi connectivity index (χ4n) is 3.90. The van der Waals surface area contributed by atoms with Crippen LogP contribution < -0.4 is 9.62 Å². The molecule has 1 N–H and O–H groups in total. The van der Waals surface area contributed by atoms with Crippen LogP contribution in [0.5, 0.6) is 0 Å².